The molecule has 154 valence electrons. The number of fused-ring (bicyclic) bond motifs is 2. The molecule has 0 saturated carbocycles. The second-order valence-electron chi connectivity index (χ2n) is 7.43. The lowest BCUT2D eigenvalue weighted by Gasteiger charge is -2.27. The first kappa shape index (κ1) is 21.0. The fraction of sp³-hybridized carbons (Fsp3) is 0.579. The molecule has 2 unspecified atom stereocenters. The van der Waals surface area contributed by atoms with Crippen LogP contribution >= 0.6 is 7.75 Å². The van der Waals surface area contributed by atoms with E-state index < -0.39 is 25.8 Å². The number of hydrogen-bond acceptors (Lipinski definition) is 7. The second-order valence-corrected chi connectivity index (χ2v) is 9.13. The highest BCUT2D eigenvalue weighted by molar-refractivity contribution is 7.52. The number of hydrogen-bond donors (Lipinski definition) is 1. The van der Waals surface area contributed by atoms with E-state index in [1.54, 1.807) is 44.2 Å². The molecule has 2 aliphatic rings. The summed E-state index contributed by atoms with van der Waals surface area (Å²) in [6.07, 6.45) is 0.565. The Bertz CT molecular complexity index is 756. The van der Waals surface area contributed by atoms with Gasteiger partial charge in [0.1, 0.15) is 11.8 Å². The van der Waals surface area contributed by atoms with Crippen LogP contribution in [0.25, 0.3) is 0 Å². The third-order valence-corrected chi connectivity index (χ3v) is 6.46. The number of para-hydroxylation sites is 1. The van der Waals surface area contributed by atoms with Gasteiger partial charge in [0, 0.05) is 12.5 Å². The van der Waals surface area contributed by atoms with Crippen LogP contribution < -0.4 is 9.61 Å². The first-order chi connectivity index (χ1) is 13.3. The number of nitrogens with one attached hydrogen (secondary N) is 1. The average Bonchev–Trinajstić information content (AvgIpc) is 3.22. The van der Waals surface area contributed by atoms with Crippen LogP contribution in [0.1, 0.15) is 27.2 Å². The van der Waals surface area contributed by atoms with Crippen molar-refractivity contribution in [2.24, 2.45) is 5.92 Å². The maximum absolute atomic E-state index is 13.4. The molecule has 1 N–H and O–H groups in total. The number of esters is 1. The molecule has 2 bridgehead atoms. The SMILES string of the molecule is CC(C)OC(=O)[C@H](C)NP(=O)(OC[C@H]1C(=O)[C@@H]2CCN1C2)Oc1ccccc1. The molecule has 9 heteroatoms. The van der Waals surface area contributed by atoms with E-state index in [2.05, 4.69) is 5.09 Å². The van der Waals surface area contributed by atoms with Gasteiger partial charge >= 0.3 is 13.7 Å². The number of rotatable bonds is 9. The standard InChI is InChI=1S/C19H27N2O6P/c1-13(2)26-19(23)14(3)20-28(24,27-16-7-5-4-6-8-16)25-12-17-18(22)15-9-10-21(17)11-15/h4-8,13-15,17H,9-12H2,1-3H3,(H,20,24)/t14-,15+,17-,28?/m0/s1. The largest absolute Gasteiger partial charge is 0.462 e. The lowest BCUT2D eigenvalue weighted by Crippen LogP contribution is -2.41. The van der Waals surface area contributed by atoms with Crippen molar-refractivity contribution in [2.45, 2.75) is 45.4 Å². The van der Waals surface area contributed by atoms with Crippen LogP contribution in [0.4, 0.5) is 0 Å². The Morgan fingerprint density at radius 2 is 2.00 bits per heavy atom. The molecule has 0 aliphatic carbocycles. The maximum atomic E-state index is 13.4. The van der Waals surface area contributed by atoms with Gasteiger partial charge in [-0.1, -0.05) is 18.2 Å². The summed E-state index contributed by atoms with van der Waals surface area (Å²) in [5.74, 6) is -0.0710. The summed E-state index contributed by atoms with van der Waals surface area (Å²) in [7, 11) is -3.93. The van der Waals surface area contributed by atoms with Crippen molar-refractivity contribution < 1.29 is 27.9 Å². The zero-order chi connectivity index (χ0) is 20.3. The number of ketones is 1. The predicted octanol–water partition coefficient (Wildman–Crippen LogP) is 2.39. The van der Waals surface area contributed by atoms with Gasteiger partial charge in [0.25, 0.3) is 0 Å². The van der Waals surface area contributed by atoms with Crippen LogP contribution in [0.5, 0.6) is 5.75 Å². The van der Waals surface area contributed by atoms with Crippen molar-refractivity contribution in [2.75, 3.05) is 19.7 Å². The van der Waals surface area contributed by atoms with E-state index in [4.69, 9.17) is 13.8 Å². The fourth-order valence-electron chi connectivity index (χ4n) is 3.45. The van der Waals surface area contributed by atoms with Crippen molar-refractivity contribution in [1.82, 2.24) is 9.99 Å². The first-order valence-electron chi connectivity index (χ1n) is 9.53. The second kappa shape index (κ2) is 8.74. The molecule has 2 fully saturated rings. The molecule has 8 nitrogen and oxygen atoms in total. The first-order valence-corrected chi connectivity index (χ1v) is 11.1. The molecule has 0 radical (unpaired) electrons. The van der Waals surface area contributed by atoms with Gasteiger partial charge in [-0.2, -0.15) is 5.09 Å². The van der Waals surface area contributed by atoms with Crippen LogP contribution in [0.15, 0.2) is 30.3 Å². The minimum atomic E-state index is -3.93. The molecular formula is C19H27N2O6P. The van der Waals surface area contributed by atoms with Gasteiger partial charge in [-0.05, 0) is 45.9 Å². The van der Waals surface area contributed by atoms with E-state index in [-0.39, 0.29) is 24.4 Å². The Labute approximate surface area is 165 Å². The Morgan fingerprint density at radius 1 is 1.29 bits per heavy atom. The molecule has 0 aromatic heterocycles. The zero-order valence-electron chi connectivity index (χ0n) is 16.4. The number of ether oxygens (including phenoxy) is 1. The number of nitrogens with zero attached hydrogens (tertiary/aromatic N) is 1. The quantitative estimate of drug-likeness (QED) is 0.490. The smallest absolute Gasteiger partial charge is 0.459 e. The highest BCUT2D eigenvalue weighted by Crippen LogP contribution is 2.46. The summed E-state index contributed by atoms with van der Waals surface area (Å²) in [4.78, 5) is 26.5. The average molecular weight is 410 g/mol. The summed E-state index contributed by atoms with van der Waals surface area (Å²) >= 11 is 0. The van der Waals surface area contributed by atoms with Crippen LogP contribution in [0.2, 0.25) is 0 Å². The highest BCUT2D eigenvalue weighted by atomic mass is 31.2. The molecule has 1 aromatic carbocycles. The van der Waals surface area contributed by atoms with Gasteiger partial charge in [0.05, 0.1) is 18.8 Å². The third kappa shape index (κ3) is 5.00. The topological polar surface area (TPSA) is 94.2 Å². The fourth-order valence-corrected chi connectivity index (χ4v) is 4.94. The van der Waals surface area contributed by atoms with Crippen molar-refractivity contribution in [1.29, 1.82) is 0 Å². The van der Waals surface area contributed by atoms with Crippen molar-refractivity contribution in [3.8, 4) is 5.75 Å². The van der Waals surface area contributed by atoms with E-state index in [0.717, 1.165) is 19.5 Å². The summed E-state index contributed by atoms with van der Waals surface area (Å²) < 4.78 is 29.7. The third-order valence-electron chi connectivity index (χ3n) is 4.82. The molecule has 0 amide bonds. The molecule has 2 saturated heterocycles. The Kier molecular flexibility index (Phi) is 6.55. The summed E-state index contributed by atoms with van der Waals surface area (Å²) in [5, 5.41) is 2.64. The Hall–Kier alpha value is -1.73. The Balaban J connectivity index is 1.69. The number of piperidine rings is 1. The van der Waals surface area contributed by atoms with Crippen molar-refractivity contribution >= 4 is 19.5 Å². The van der Waals surface area contributed by atoms with E-state index >= 15 is 0 Å². The molecule has 28 heavy (non-hydrogen) atoms. The van der Waals surface area contributed by atoms with E-state index in [9.17, 15) is 14.2 Å². The highest BCUT2D eigenvalue weighted by Gasteiger charge is 2.46. The molecule has 5 atom stereocenters. The van der Waals surface area contributed by atoms with Gasteiger partial charge in [0.2, 0.25) is 0 Å². The maximum Gasteiger partial charge on any atom is 0.459 e. The molecular weight excluding hydrogens is 383 g/mol. The lowest BCUT2D eigenvalue weighted by atomic mass is 9.99. The van der Waals surface area contributed by atoms with E-state index in [1.165, 1.54) is 6.92 Å². The number of Topliss-reactive ketones (excluding diaryl/α,β-unsaturated/α-hetero) is 1. The normalized spacial score (nSPS) is 26.9. The predicted molar refractivity (Wildman–Crippen MR) is 103 cm³/mol. The molecule has 2 aliphatic heterocycles. The van der Waals surface area contributed by atoms with Gasteiger partial charge in [-0.25, -0.2) is 4.57 Å². The van der Waals surface area contributed by atoms with Gasteiger partial charge in [-0.3, -0.25) is 19.0 Å². The van der Waals surface area contributed by atoms with Crippen molar-refractivity contribution in [3.63, 3.8) is 0 Å². The van der Waals surface area contributed by atoms with Crippen LogP contribution in [0.3, 0.4) is 0 Å². The summed E-state index contributed by atoms with van der Waals surface area (Å²) in [6.45, 7) is 6.49. The molecule has 1 aromatic rings. The van der Waals surface area contributed by atoms with Gasteiger partial charge in [-0.15, -0.1) is 0 Å². The molecule has 2 heterocycles. The number of carbonyl (C=O) groups is 2. The zero-order valence-corrected chi connectivity index (χ0v) is 17.3. The molecule has 3 rings (SSSR count). The molecule has 0 spiro atoms. The van der Waals surface area contributed by atoms with E-state index in [1.807, 2.05) is 4.90 Å². The number of benzene rings is 1. The Morgan fingerprint density at radius 3 is 2.61 bits per heavy atom. The van der Waals surface area contributed by atoms with Gasteiger partial charge in [0.15, 0.2) is 5.78 Å². The lowest BCUT2D eigenvalue weighted by molar-refractivity contribution is -0.149. The monoisotopic (exact) mass is 410 g/mol. The van der Waals surface area contributed by atoms with Crippen LogP contribution in [-0.2, 0) is 23.4 Å². The number of carbonyl (C=O) groups excluding carboxylic acids is 2. The van der Waals surface area contributed by atoms with Crippen LogP contribution in [0, 0.1) is 5.92 Å². The van der Waals surface area contributed by atoms with Gasteiger partial charge < -0.3 is 9.26 Å². The summed E-state index contributed by atoms with van der Waals surface area (Å²) in [6, 6.07) is 7.22. The minimum absolute atomic E-state index is 0.0379. The van der Waals surface area contributed by atoms with Crippen molar-refractivity contribution in [3.05, 3.63) is 30.3 Å². The summed E-state index contributed by atoms with van der Waals surface area (Å²) in [5.41, 5.74) is 0. The van der Waals surface area contributed by atoms with Crippen LogP contribution in [-0.4, -0.2) is 54.5 Å². The minimum Gasteiger partial charge on any atom is -0.462 e. The van der Waals surface area contributed by atoms with E-state index in [0.29, 0.717) is 5.75 Å².